The monoisotopic (exact) mass is 330 g/mol. The molecule has 0 unspecified atom stereocenters. The molecule has 0 atom stereocenters. The third-order valence-electron chi connectivity index (χ3n) is 4.24. The van der Waals surface area contributed by atoms with Crippen LogP contribution in [0.1, 0.15) is 12.1 Å². The van der Waals surface area contributed by atoms with Crippen molar-refractivity contribution >= 4 is 34.1 Å². The average molecular weight is 331 g/mol. The number of halogens is 2. The molecule has 1 aromatic heterocycles. The van der Waals surface area contributed by atoms with Gasteiger partial charge >= 0.3 is 0 Å². The van der Waals surface area contributed by atoms with Crippen LogP contribution >= 0.6 is 23.2 Å². The Morgan fingerprint density at radius 1 is 0.955 bits per heavy atom. The van der Waals surface area contributed by atoms with Gasteiger partial charge in [0, 0.05) is 39.8 Å². The number of hydrogen-bond acceptors (Lipinski definition) is 1. The minimum Gasteiger partial charge on any atom is -0.343 e. The Hall–Kier alpha value is -1.48. The summed E-state index contributed by atoms with van der Waals surface area (Å²) < 4.78 is 2.43. The van der Waals surface area contributed by atoms with E-state index >= 15 is 0 Å². The van der Waals surface area contributed by atoms with Crippen LogP contribution in [0.4, 0.5) is 0 Å². The molecule has 4 heteroatoms. The number of aryl methyl sites for hydroxylation is 1. The lowest BCUT2D eigenvalue weighted by Gasteiger charge is -2.11. The molecule has 22 heavy (non-hydrogen) atoms. The Morgan fingerprint density at radius 3 is 2.59 bits per heavy atom. The Labute approximate surface area is 139 Å². The number of nitrogens with zero attached hydrogens (tertiary/aromatic N) is 1. The highest BCUT2D eigenvalue weighted by molar-refractivity contribution is 6.32. The molecule has 0 aliphatic carbocycles. The van der Waals surface area contributed by atoms with Crippen LogP contribution in [0, 0.1) is 0 Å². The molecule has 0 fully saturated rings. The molecule has 0 saturated heterocycles. The van der Waals surface area contributed by atoms with Crippen LogP contribution < -0.4 is 5.32 Å². The summed E-state index contributed by atoms with van der Waals surface area (Å²) in [5.74, 6) is 0. The van der Waals surface area contributed by atoms with Gasteiger partial charge in [-0.05, 0) is 48.9 Å². The molecule has 2 heterocycles. The van der Waals surface area contributed by atoms with Gasteiger partial charge in [-0.1, -0.05) is 35.3 Å². The maximum absolute atomic E-state index is 6.35. The van der Waals surface area contributed by atoms with E-state index < -0.39 is 0 Å². The largest absolute Gasteiger partial charge is 0.343 e. The molecule has 4 rings (SSSR count). The van der Waals surface area contributed by atoms with Gasteiger partial charge in [0.25, 0.3) is 0 Å². The first-order valence-electron chi connectivity index (χ1n) is 7.51. The highest BCUT2D eigenvalue weighted by Crippen LogP contribution is 2.35. The van der Waals surface area contributed by atoms with E-state index in [9.17, 15) is 0 Å². The minimum atomic E-state index is 0.750. The SMILES string of the molecule is Clc1ccc(-c2cc(Cl)cc3cc4n(c23)CCCNC4)cc1. The van der Waals surface area contributed by atoms with Crippen LogP contribution in [0.3, 0.4) is 0 Å². The average Bonchev–Trinajstić information content (AvgIpc) is 2.69. The van der Waals surface area contributed by atoms with Gasteiger partial charge in [0.1, 0.15) is 0 Å². The van der Waals surface area contributed by atoms with E-state index in [4.69, 9.17) is 23.2 Å². The smallest absolute Gasteiger partial charge is 0.0563 e. The lowest BCUT2D eigenvalue weighted by Crippen LogP contribution is -2.11. The highest BCUT2D eigenvalue weighted by atomic mass is 35.5. The molecule has 1 N–H and O–H groups in total. The third-order valence-corrected chi connectivity index (χ3v) is 4.71. The number of rotatable bonds is 1. The lowest BCUT2D eigenvalue weighted by atomic mass is 10.0. The number of hydrogen-bond donors (Lipinski definition) is 1. The highest BCUT2D eigenvalue weighted by Gasteiger charge is 2.16. The van der Waals surface area contributed by atoms with E-state index in [0.29, 0.717) is 0 Å². The van der Waals surface area contributed by atoms with E-state index in [0.717, 1.165) is 41.7 Å². The van der Waals surface area contributed by atoms with Crippen LogP contribution in [0.2, 0.25) is 10.0 Å². The van der Waals surface area contributed by atoms with Crippen molar-refractivity contribution in [1.82, 2.24) is 9.88 Å². The van der Waals surface area contributed by atoms with Crippen molar-refractivity contribution in [1.29, 1.82) is 0 Å². The predicted molar refractivity (Wildman–Crippen MR) is 93.7 cm³/mol. The summed E-state index contributed by atoms with van der Waals surface area (Å²) in [5, 5.41) is 6.20. The normalized spacial score (nSPS) is 14.8. The Kier molecular flexibility index (Phi) is 3.61. The van der Waals surface area contributed by atoms with E-state index in [1.54, 1.807) is 0 Å². The summed E-state index contributed by atoms with van der Waals surface area (Å²) in [5.41, 5.74) is 4.91. The Balaban J connectivity index is 2.00. The molecule has 0 spiro atoms. The van der Waals surface area contributed by atoms with Gasteiger partial charge in [0.15, 0.2) is 0 Å². The number of aromatic nitrogens is 1. The van der Waals surface area contributed by atoms with Crippen LogP contribution in [-0.2, 0) is 13.1 Å². The zero-order valence-corrected chi connectivity index (χ0v) is 13.6. The second kappa shape index (κ2) is 5.62. The van der Waals surface area contributed by atoms with E-state index in [-0.39, 0.29) is 0 Å². The molecule has 2 aromatic carbocycles. The van der Waals surface area contributed by atoms with Crippen LogP contribution in [-0.4, -0.2) is 11.1 Å². The fourth-order valence-electron chi connectivity index (χ4n) is 3.26. The topological polar surface area (TPSA) is 17.0 Å². The summed E-state index contributed by atoms with van der Waals surface area (Å²) in [7, 11) is 0. The zero-order valence-electron chi connectivity index (χ0n) is 12.1. The summed E-state index contributed by atoms with van der Waals surface area (Å²) >= 11 is 12.4. The summed E-state index contributed by atoms with van der Waals surface area (Å²) in [6.45, 7) is 3.01. The molecular formula is C18H16Cl2N2. The zero-order chi connectivity index (χ0) is 15.1. The minimum absolute atomic E-state index is 0.750. The second-order valence-corrected chi connectivity index (χ2v) is 6.59. The summed E-state index contributed by atoms with van der Waals surface area (Å²) in [4.78, 5) is 0. The molecular weight excluding hydrogens is 315 g/mol. The van der Waals surface area contributed by atoms with Crippen molar-refractivity contribution in [2.75, 3.05) is 6.54 Å². The van der Waals surface area contributed by atoms with Gasteiger partial charge in [-0.2, -0.15) is 0 Å². The van der Waals surface area contributed by atoms with Gasteiger partial charge in [0.2, 0.25) is 0 Å². The molecule has 112 valence electrons. The number of benzene rings is 2. The van der Waals surface area contributed by atoms with E-state index in [1.165, 1.54) is 22.2 Å². The molecule has 1 aliphatic heterocycles. The van der Waals surface area contributed by atoms with Gasteiger partial charge in [-0.3, -0.25) is 0 Å². The first kappa shape index (κ1) is 14.1. The Morgan fingerprint density at radius 2 is 1.77 bits per heavy atom. The van der Waals surface area contributed by atoms with Gasteiger partial charge in [0.05, 0.1) is 5.52 Å². The summed E-state index contributed by atoms with van der Waals surface area (Å²) in [6, 6.07) is 14.3. The first-order chi connectivity index (χ1) is 10.7. The van der Waals surface area contributed by atoms with Gasteiger partial charge < -0.3 is 9.88 Å². The standard InChI is InChI=1S/C18H16Cl2N2/c19-14-4-2-12(3-5-14)17-10-15(20)8-13-9-16-11-21-6-1-7-22(16)18(13)17/h2-5,8-10,21H,1,6-7,11H2. The maximum Gasteiger partial charge on any atom is 0.0563 e. The van der Waals surface area contributed by atoms with E-state index in [1.807, 2.05) is 12.1 Å². The van der Waals surface area contributed by atoms with Crippen molar-refractivity contribution in [3.05, 3.63) is 58.2 Å². The molecule has 3 aromatic rings. The molecule has 0 radical (unpaired) electrons. The second-order valence-electron chi connectivity index (χ2n) is 5.72. The first-order valence-corrected chi connectivity index (χ1v) is 8.26. The van der Waals surface area contributed by atoms with Crippen LogP contribution in [0.15, 0.2) is 42.5 Å². The molecule has 1 aliphatic rings. The molecule has 0 amide bonds. The number of nitrogens with one attached hydrogen (secondary N) is 1. The predicted octanol–water partition coefficient (Wildman–Crippen LogP) is 5.11. The third kappa shape index (κ3) is 2.41. The fraction of sp³-hybridized carbons (Fsp3) is 0.222. The van der Waals surface area contributed by atoms with Crippen molar-refractivity contribution in [2.24, 2.45) is 0 Å². The van der Waals surface area contributed by atoms with Crippen molar-refractivity contribution in [2.45, 2.75) is 19.5 Å². The van der Waals surface area contributed by atoms with Crippen LogP contribution in [0.25, 0.3) is 22.0 Å². The molecule has 2 nitrogen and oxygen atoms in total. The summed E-state index contributed by atoms with van der Waals surface area (Å²) in [6.07, 6.45) is 1.14. The van der Waals surface area contributed by atoms with Crippen molar-refractivity contribution < 1.29 is 0 Å². The molecule has 0 saturated carbocycles. The lowest BCUT2D eigenvalue weighted by molar-refractivity contribution is 0.654. The van der Waals surface area contributed by atoms with Crippen molar-refractivity contribution in [3.63, 3.8) is 0 Å². The van der Waals surface area contributed by atoms with Crippen molar-refractivity contribution in [3.8, 4) is 11.1 Å². The molecule has 0 bridgehead atoms. The maximum atomic E-state index is 6.35. The van der Waals surface area contributed by atoms with E-state index in [2.05, 4.69) is 40.2 Å². The quantitative estimate of drug-likeness (QED) is 0.656. The number of fused-ring (bicyclic) bond motifs is 3. The van der Waals surface area contributed by atoms with Crippen LogP contribution in [0.5, 0.6) is 0 Å². The van der Waals surface area contributed by atoms with Gasteiger partial charge in [-0.25, -0.2) is 0 Å². The fourth-order valence-corrected chi connectivity index (χ4v) is 3.62. The Bertz CT molecular complexity index is 834. The van der Waals surface area contributed by atoms with Gasteiger partial charge in [-0.15, -0.1) is 0 Å².